The van der Waals surface area contributed by atoms with Gasteiger partial charge in [0.2, 0.25) is 0 Å². The van der Waals surface area contributed by atoms with Gasteiger partial charge in [-0.1, -0.05) is 0 Å². The van der Waals surface area contributed by atoms with Gasteiger partial charge >= 0.3 is 5.97 Å². The van der Waals surface area contributed by atoms with E-state index in [1.54, 1.807) is 11.6 Å². The maximum atomic E-state index is 10.8. The summed E-state index contributed by atoms with van der Waals surface area (Å²) in [5.74, 6) is -0.845. The van der Waals surface area contributed by atoms with Crippen molar-refractivity contribution in [2.24, 2.45) is 7.05 Å². The Kier molecular flexibility index (Phi) is 1.44. The average Bonchev–Trinajstić information content (AvgIpc) is 2.44. The van der Waals surface area contributed by atoms with Crippen molar-refractivity contribution < 1.29 is 9.90 Å². The Bertz CT molecular complexity index is 341. The number of aromatic nitrogens is 1. The summed E-state index contributed by atoms with van der Waals surface area (Å²) in [6.45, 7) is 1.47. The number of nitrogens with one attached hydrogen (secondary N) is 1. The van der Waals surface area contributed by atoms with Crippen LogP contribution in [0.3, 0.4) is 0 Å². The van der Waals surface area contributed by atoms with E-state index in [1.807, 2.05) is 6.20 Å². The third-order valence-corrected chi connectivity index (χ3v) is 2.20. The molecule has 2 heterocycles. The molecule has 1 aliphatic heterocycles. The van der Waals surface area contributed by atoms with Crippen LogP contribution in [0.15, 0.2) is 6.20 Å². The minimum atomic E-state index is -0.845. The Morgan fingerprint density at radius 2 is 2.42 bits per heavy atom. The first-order valence-corrected chi connectivity index (χ1v) is 3.81. The second kappa shape index (κ2) is 2.35. The van der Waals surface area contributed by atoms with Gasteiger partial charge in [-0.3, -0.25) is 0 Å². The molecule has 0 saturated carbocycles. The third-order valence-electron chi connectivity index (χ3n) is 2.20. The van der Waals surface area contributed by atoms with Crippen LogP contribution < -0.4 is 5.32 Å². The number of carboxylic acids is 1. The van der Waals surface area contributed by atoms with Crippen LogP contribution >= 0.6 is 0 Å². The van der Waals surface area contributed by atoms with Crippen LogP contribution in [0, 0.1) is 0 Å². The van der Waals surface area contributed by atoms with Crippen molar-refractivity contribution in [3.05, 3.63) is 23.0 Å². The summed E-state index contributed by atoms with van der Waals surface area (Å²) in [6.07, 6.45) is 1.87. The molecule has 2 rings (SSSR count). The van der Waals surface area contributed by atoms with E-state index in [1.165, 1.54) is 0 Å². The molecule has 0 unspecified atom stereocenters. The van der Waals surface area contributed by atoms with E-state index in [0.717, 1.165) is 17.7 Å². The number of fused-ring (bicyclic) bond motifs is 1. The van der Waals surface area contributed by atoms with Crippen LogP contribution in [-0.2, 0) is 20.1 Å². The zero-order chi connectivity index (χ0) is 8.72. The fourth-order valence-electron chi connectivity index (χ4n) is 1.69. The van der Waals surface area contributed by atoms with E-state index in [2.05, 4.69) is 5.32 Å². The molecule has 0 aliphatic carbocycles. The number of hydrogen-bond acceptors (Lipinski definition) is 2. The van der Waals surface area contributed by atoms with E-state index >= 15 is 0 Å². The lowest BCUT2D eigenvalue weighted by Gasteiger charge is -1.99. The van der Waals surface area contributed by atoms with E-state index in [4.69, 9.17) is 5.11 Å². The Balaban J connectivity index is 2.59. The molecule has 0 saturated heterocycles. The van der Waals surface area contributed by atoms with Crippen molar-refractivity contribution in [2.75, 3.05) is 0 Å². The van der Waals surface area contributed by atoms with Gasteiger partial charge in [-0.05, 0) is 5.56 Å². The smallest absolute Gasteiger partial charge is 0.352 e. The minimum Gasteiger partial charge on any atom is -0.477 e. The number of nitrogens with zero attached hydrogens (tertiary/aromatic N) is 1. The third kappa shape index (κ3) is 0.848. The van der Waals surface area contributed by atoms with Crippen molar-refractivity contribution in [1.29, 1.82) is 0 Å². The van der Waals surface area contributed by atoms with Crippen molar-refractivity contribution in [2.45, 2.75) is 13.1 Å². The molecular formula is C8H10N2O2. The molecule has 1 aromatic heterocycles. The maximum Gasteiger partial charge on any atom is 0.352 e. The number of aromatic carboxylic acids is 1. The lowest BCUT2D eigenvalue weighted by molar-refractivity contribution is 0.0685. The zero-order valence-electron chi connectivity index (χ0n) is 6.79. The highest BCUT2D eigenvalue weighted by Crippen LogP contribution is 2.21. The summed E-state index contributed by atoms with van der Waals surface area (Å²) in [4.78, 5) is 10.8. The Morgan fingerprint density at radius 1 is 1.67 bits per heavy atom. The summed E-state index contributed by atoms with van der Waals surface area (Å²) in [6, 6.07) is 0. The van der Waals surface area contributed by atoms with Crippen LogP contribution in [0.5, 0.6) is 0 Å². The number of carbonyl (C=O) groups is 1. The molecule has 0 spiro atoms. The summed E-state index contributed by atoms with van der Waals surface area (Å²) < 4.78 is 1.67. The molecule has 0 bridgehead atoms. The van der Waals surface area contributed by atoms with Crippen LogP contribution in [0.1, 0.15) is 21.6 Å². The largest absolute Gasteiger partial charge is 0.477 e. The Morgan fingerprint density at radius 3 is 3.08 bits per heavy atom. The van der Waals surface area contributed by atoms with Crippen LogP contribution in [0.2, 0.25) is 0 Å². The molecule has 2 N–H and O–H groups in total. The SMILES string of the molecule is Cn1cc2c(c1C(=O)O)CNC2. The first kappa shape index (κ1) is 7.36. The van der Waals surface area contributed by atoms with Crippen LogP contribution in [0.25, 0.3) is 0 Å². The lowest BCUT2D eigenvalue weighted by atomic mass is 10.2. The molecule has 1 aliphatic rings. The quantitative estimate of drug-likeness (QED) is 0.632. The highest BCUT2D eigenvalue weighted by Gasteiger charge is 2.22. The lowest BCUT2D eigenvalue weighted by Crippen LogP contribution is -2.10. The molecular weight excluding hydrogens is 156 g/mol. The summed E-state index contributed by atoms with van der Waals surface area (Å²) in [5.41, 5.74) is 2.45. The molecule has 0 aromatic carbocycles. The van der Waals surface area contributed by atoms with Gasteiger partial charge < -0.3 is 15.0 Å². The van der Waals surface area contributed by atoms with Gasteiger partial charge in [0.15, 0.2) is 0 Å². The Labute approximate surface area is 69.8 Å². The fraction of sp³-hybridized carbons (Fsp3) is 0.375. The number of aryl methyl sites for hydroxylation is 1. The van der Waals surface area contributed by atoms with Crippen LogP contribution in [-0.4, -0.2) is 15.6 Å². The molecule has 0 atom stereocenters. The van der Waals surface area contributed by atoms with E-state index in [0.29, 0.717) is 12.2 Å². The molecule has 0 amide bonds. The van der Waals surface area contributed by atoms with Gasteiger partial charge in [-0.2, -0.15) is 0 Å². The highest BCUT2D eigenvalue weighted by atomic mass is 16.4. The topological polar surface area (TPSA) is 54.3 Å². The predicted molar refractivity (Wildman–Crippen MR) is 42.9 cm³/mol. The monoisotopic (exact) mass is 166 g/mol. The van der Waals surface area contributed by atoms with E-state index in [-0.39, 0.29) is 0 Å². The number of rotatable bonds is 1. The molecule has 0 fully saturated rings. The van der Waals surface area contributed by atoms with Crippen molar-refractivity contribution >= 4 is 5.97 Å². The first-order valence-electron chi connectivity index (χ1n) is 3.81. The van der Waals surface area contributed by atoms with Gasteiger partial charge in [0.25, 0.3) is 0 Å². The predicted octanol–water partition coefficient (Wildman–Crippen LogP) is 0.326. The summed E-state index contributed by atoms with van der Waals surface area (Å²) in [5, 5.41) is 12.0. The zero-order valence-corrected chi connectivity index (χ0v) is 6.79. The van der Waals surface area contributed by atoms with Crippen LogP contribution in [0.4, 0.5) is 0 Å². The molecule has 12 heavy (non-hydrogen) atoms. The minimum absolute atomic E-state index is 0.412. The Hall–Kier alpha value is -1.29. The van der Waals surface area contributed by atoms with E-state index in [9.17, 15) is 4.79 Å². The molecule has 4 heteroatoms. The number of carboxylic acid groups (broad SMARTS) is 1. The van der Waals surface area contributed by atoms with Gasteiger partial charge in [0.1, 0.15) is 5.69 Å². The van der Waals surface area contributed by atoms with Gasteiger partial charge in [-0.15, -0.1) is 0 Å². The highest BCUT2D eigenvalue weighted by molar-refractivity contribution is 5.88. The fourth-order valence-corrected chi connectivity index (χ4v) is 1.69. The second-order valence-electron chi connectivity index (χ2n) is 3.00. The summed E-state index contributed by atoms with van der Waals surface area (Å²) >= 11 is 0. The van der Waals surface area contributed by atoms with E-state index < -0.39 is 5.97 Å². The average molecular weight is 166 g/mol. The molecule has 64 valence electrons. The van der Waals surface area contributed by atoms with Crippen molar-refractivity contribution in [3.63, 3.8) is 0 Å². The second-order valence-corrected chi connectivity index (χ2v) is 3.00. The molecule has 4 nitrogen and oxygen atoms in total. The molecule has 1 aromatic rings. The molecule has 0 radical (unpaired) electrons. The van der Waals surface area contributed by atoms with Gasteiger partial charge in [0.05, 0.1) is 0 Å². The first-order chi connectivity index (χ1) is 5.70. The van der Waals surface area contributed by atoms with Gasteiger partial charge in [0, 0.05) is 31.9 Å². The normalized spacial score (nSPS) is 14.8. The standard InChI is InChI=1S/C8H10N2O2/c1-10-4-5-2-9-3-6(5)7(10)8(11)12/h4,9H,2-3H2,1H3,(H,11,12). The number of hydrogen-bond donors (Lipinski definition) is 2. The van der Waals surface area contributed by atoms with Crippen molar-refractivity contribution in [1.82, 2.24) is 9.88 Å². The van der Waals surface area contributed by atoms with Gasteiger partial charge in [-0.25, -0.2) is 4.79 Å². The maximum absolute atomic E-state index is 10.8. The van der Waals surface area contributed by atoms with Crippen molar-refractivity contribution in [3.8, 4) is 0 Å². The summed E-state index contributed by atoms with van der Waals surface area (Å²) in [7, 11) is 1.77.